The van der Waals surface area contributed by atoms with E-state index in [2.05, 4.69) is 31.0 Å². The molecular formula is C17H34N2O2. The third-order valence-electron chi connectivity index (χ3n) is 4.42. The summed E-state index contributed by atoms with van der Waals surface area (Å²) in [5.41, 5.74) is -0.346. The van der Waals surface area contributed by atoms with Crippen LogP contribution in [0.1, 0.15) is 54.4 Å². The number of aliphatic hydroxyl groups excluding tert-OH is 1. The average Bonchev–Trinajstić information content (AvgIpc) is 2.36. The number of hydrogen-bond acceptors (Lipinski definition) is 3. The molecule has 0 saturated carbocycles. The van der Waals surface area contributed by atoms with Crippen molar-refractivity contribution in [1.29, 1.82) is 0 Å². The van der Waals surface area contributed by atoms with Gasteiger partial charge < -0.3 is 15.3 Å². The number of likely N-dealkylation sites (tertiary alicyclic amines) is 1. The first-order valence-electron chi connectivity index (χ1n) is 8.34. The van der Waals surface area contributed by atoms with Gasteiger partial charge in [0.25, 0.3) is 0 Å². The van der Waals surface area contributed by atoms with Crippen LogP contribution in [-0.2, 0) is 4.79 Å². The highest BCUT2D eigenvalue weighted by Crippen LogP contribution is 2.24. The fourth-order valence-electron chi connectivity index (χ4n) is 2.85. The Morgan fingerprint density at radius 2 is 1.95 bits per heavy atom. The van der Waals surface area contributed by atoms with Crippen molar-refractivity contribution in [2.75, 3.05) is 19.6 Å². The second-order valence-electron chi connectivity index (χ2n) is 7.92. The lowest BCUT2D eigenvalue weighted by Crippen LogP contribution is -2.53. The molecular weight excluding hydrogens is 264 g/mol. The first-order valence-corrected chi connectivity index (χ1v) is 8.34. The Balaban J connectivity index is 2.62. The van der Waals surface area contributed by atoms with Crippen LogP contribution in [0.5, 0.6) is 0 Å². The van der Waals surface area contributed by atoms with Gasteiger partial charge >= 0.3 is 0 Å². The maximum absolute atomic E-state index is 12.2. The first kappa shape index (κ1) is 18.4. The van der Waals surface area contributed by atoms with E-state index in [1.807, 2.05) is 20.8 Å². The number of carbonyl (C=O) groups excluding carboxylic acids is 1. The summed E-state index contributed by atoms with van der Waals surface area (Å²) in [6.45, 7) is 15.1. The second-order valence-corrected chi connectivity index (χ2v) is 7.92. The van der Waals surface area contributed by atoms with Gasteiger partial charge in [-0.2, -0.15) is 0 Å². The van der Waals surface area contributed by atoms with Gasteiger partial charge in [0.05, 0.1) is 6.10 Å². The van der Waals surface area contributed by atoms with Crippen molar-refractivity contribution < 1.29 is 9.90 Å². The topological polar surface area (TPSA) is 52.6 Å². The highest BCUT2D eigenvalue weighted by Gasteiger charge is 2.31. The highest BCUT2D eigenvalue weighted by molar-refractivity contribution is 5.81. The third-order valence-corrected chi connectivity index (χ3v) is 4.42. The fraction of sp³-hybridized carbons (Fsp3) is 0.941. The molecule has 2 N–H and O–H groups in total. The predicted octanol–water partition coefficient (Wildman–Crippen LogP) is 2.27. The molecule has 124 valence electrons. The number of likely N-dealkylation sites (N-methyl/N-ethyl adjacent to an activating group) is 1. The summed E-state index contributed by atoms with van der Waals surface area (Å²) in [5.74, 6) is 0.875. The molecule has 0 spiro atoms. The van der Waals surface area contributed by atoms with Crippen LogP contribution in [0.15, 0.2) is 0 Å². The smallest absolute Gasteiger partial charge is 0.225 e. The number of amides is 1. The summed E-state index contributed by atoms with van der Waals surface area (Å²) >= 11 is 0. The Morgan fingerprint density at radius 3 is 2.43 bits per heavy atom. The molecule has 4 nitrogen and oxygen atoms in total. The van der Waals surface area contributed by atoms with E-state index in [9.17, 15) is 9.90 Å². The van der Waals surface area contributed by atoms with Gasteiger partial charge in [-0.3, -0.25) is 4.79 Å². The van der Waals surface area contributed by atoms with Gasteiger partial charge in [0.2, 0.25) is 5.91 Å². The lowest BCUT2D eigenvalue weighted by molar-refractivity contribution is -0.129. The zero-order valence-corrected chi connectivity index (χ0v) is 14.6. The Bertz CT molecular complexity index is 336. The van der Waals surface area contributed by atoms with E-state index in [-0.39, 0.29) is 23.5 Å². The Hall–Kier alpha value is -0.610. The molecule has 0 bridgehead atoms. The van der Waals surface area contributed by atoms with E-state index in [1.165, 1.54) is 0 Å². The van der Waals surface area contributed by atoms with Crippen LogP contribution in [-0.4, -0.2) is 47.7 Å². The summed E-state index contributed by atoms with van der Waals surface area (Å²) in [4.78, 5) is 14.6. The van der Waals surface area contributed by atoms with E-state index >= 15 is 0 Å². The number of nitrogens with zero attached hydrogens (tertiary/aromatic N) is 1. The van der Waals surface area contributed by atoms with Crippen molar-refractivity contribution in [1.82, 2.24) is 10.2 Å². The van der Waals surface area contributed by atoms with Crippen LogP contribution in [0.2, 0.25) is 0 Å². The minimum absolute atomic E-state index is 0.119. The number of hydrogen-bond donors (Lipinski definition) is 2. The first-order chi connectivity index (χ1) is 9.63. The zero-order chi connectivity index (χ0) is 16.2. The van der Waals surface area contributed by atoms with E-state index < -0.39 is 0 Å². The van der Waals surface area contributed by atoms with E-state index in [1.54, 1.807) is 0 Å². The third kappa shape index (κ3) is 5.95. The standard InChI is InChI=1S/C17H34N2O2/c1-7-19-10-13(9-15(20)12(2)3)8-14(11-19)18-16(21)17(4,5)6/h12-15,20H,7-11H2,1-6H3,(H,18,21). The van der Waals surface area contributed by atoms with Gasteiger partial charge in [0.1, 0.15) is 0 Å². The molecule has 1 rings (SSSR count). The summed E-state index contributed by atoms with van der Waals surface area (Å²) in [5, 5.41) is 13.3. The molecule has 3 atom stereocenters. The van der Waals surface area contributed by atoms with Crippen LogP contribution in [0.4, 0.5) is 0 Å². The van der Waals surface area contributed by atoms with Gasteiger partial charge in [0, 0.05) is 24.5 Å². The van der Waals surface area contributed by atoms with Crippen LogP contribution < -0.4 is 5.32 Å². The molecule has 1 saturated heterocycles. The SMILES string of the molecule is CCN1CC(CC(O)C(C)C)CC(NC(=O)C(C)(C)C)C1. The number of carbonyl (C=O) groups is 1. The number of piperidine rings is 1. The van der Waals surface area contributed by atoms with Crippen molar-refractivity contribution in [2.45, 2.75) is 66.5 Å². The molecule has 0 aliphatic carbocycles. The molecule has 1 aliphatic rings. The highest BCUT2D eigenvalue weighted by atomic mass is 16.3. The molecule has 1 heterocycles. The van der Waals surface area contributed by atoms with Gasteiger partial charge in [-0.25, -0.2) is 0 Å². The lowest BCUT2D eigenvalue weighted by atomic mass is 9.86. The van der Waals surface area contributed by atoms with Gasteiger partial charge in [-0.05, 0) is 31.2 Å². The monoisotopic (exact) mass is 298 g/mol. The Labute approximate surface area is 130 Å². The summed E-state index contributed by atoms with van der Waals surface area (Å²) in [6.07, 6.45) is 1.56. The Morgan fingerprint density at radius 1 is 1.33 bits per heavy atom. The molecule has 21 heavy (non-hydrogen) atoms. The van der Waals surface area contributed by atoms with Crippen LogP contribution in [0, 0.1) is 17.3 Å². The van der Waals surface area contributed by atoms with Crippen LogP contribution in [0.25, 0.3) is 0 Å². The molecule has 1 amide bonds. The molecule has 3 unspecified atom stereocenters. The fourth-order valence-corrected chi connectivity index (χ4v) is 2.85. The number of nitrogens with one attached hydrogen (secondary N) is 1. The van der Waals surface area contributed by atoms with E-state index in [4.69, 9.17) is 0 Å². The molecule has 0 radical (unpaired) electrons. The summed E-state index contributed by atoms with van der Waals surface area (Å²) in [7, 11) is 0. The molecule has 1 aliphatic heterocycles. The van der Waals surface area contributed by atoms with Gasteiger partial charge in [-0.1, -0.05) is 41.5 Å². The van der Waals surface area contributed by atoms with Crippen LogP contribution >= 0.6 is 0 Å². The maximum Gasteiger partial charge on any atom is 0.225 e. The second kappa shape index (κ2) is 7.59. The predicted molar refractivity (Wildman–Crippen MR) is 87.1 cm³/mol. The minimum Gasteiger partial charge on any atom is -0.393 e. The molecule has 1 fully saturated rings. The van der Waals surface area contributed by atoms with Crippen molar-refractivity contribution in [2.24, 2.45) is 17.3 Å². The zero-order valence-electron chi connectivity index (χ0n) is 14.6. The van der Waals surface area contributed by atoms with E-state index in [0.29, 0.717) is 11.8 Å². The summed E-state index contributed by atoms with van der Waals surface area (Å²) in [6, 6.07) is 0.204. The molecule has 4 heteroatoms. The molecule has 0 aromatic heterocycles. The van der Waals surface area contributed by atoms with Crippen LogP contribution in [0.3, 0.4) is 0 Å². The maximum atomic E-state index is 12.2. The summed E-state index contributed by atoms with van der Waals surface area (Å²) < 4.78 is 0. The van der Waals surface area contributed by atoms with Crippen molar-refractivity contribution in [3.63, 3.8) is 0 Å². The quantitative estimate of drug-likeness (QED) is 0.818. The van der Waals surface area contributed by atoms with Crippen molar-refractivity contribution in [3.05, 3.63) is 0 Å². The van der Waals surface area contributed by atoms with Gasteiger partial charge in [0.15, 0.2) is 0 Å². The Kier molecular flexibility index (Phi) is 6.67. The van der Waals surface area contributed by atoms with Crippen molar-refractivity contribution >= 4 is 5.91 Å². The lowest BCUT2D eigenvalue weighted by Gasteiger charge is -2.39. The molecule has 0 aromatic rings. The van der Waals surface area contributed by atoms with Gasteiger partial charge in [-0.15, -0.1) is 0 Å². The number of aliphatic hydroxyl groups is 1. The largest absolute Gasteiger partial charge is 0.393 e. The normalized spacial score (nSPS) is 25.9. The average molecular weight is 298 g/mol. The number of rotatable bonds is 5. The van der Waals surface area contributed by atoms with Crippen molar-refractivity contribution in [3.8, 4) is 0 Å². The molecule has 0 aromatic carbocycles. The minimum atomic E-state index is -0.346. The van der Waals surface area contributed by atoms with E-state index in [0.717, 1.165) is 32.5 Å².